The van der Waals surface area contributed by atoms with E-state index < -0.39 is 0 Å². The van der Waals surface area contributed by atoms with Crippen molar-refractivity contribution in [2.24, 2.45) is 0 Å². The van der Waals surface area contributed by atoms with Crippen LogP contribution in [0.5, 0.6) is 11.5 Å². The number of phenols is 1. The zero-order chi connectivity index (χ0) is 13.8. The van der Waals surface area contributed by atoms with Crippen LogP contribution in [0.2, 0.25) is 0 Å². The zero-order valence-electron chi connectivity index (χ0n) is 10.9. The van der Waals surface area contributed by atoms with Gasteiger partial charge in [0.05, 0.1) is 11.6 Å². The number of hydrogen-bond donors (Lipinski definition) is 1. The van der Waals surface area contributed by atoms with Gasteiger partial charge in [0.2, 0.25) is 0 Å². The van der Waals surface area contributed by atoms with Gasteiger partial charge in [0.15, 0.2) is 11.5 Å². The van der Waals surface area contributed by atoms with E-state index in [2.05, 4.69) is 33.0 Å². The highest BCUT2D eigenvalue weighted by atomic mass is 79.9. The first kappa shape index (κ1) is 13.7. The number of ether oxygens (including phenoxy) is 1. The molecular weight excluding hydrogens is 306 g/mol. The summed E-state index contributed by atoms with van der Waals surface area (Å²) in [5.41, 5.74) is 2.21. The van der Waals surface area contributed by atoms with Gasteiger partial charge in [0.25, 0.3) is 0 Å². The Hall–Kier alpha value is -1.68. The molecule has 0 aliphatic heterocycles. The zero-order valence-corrected chi connectivity index (χ0v) is 12.5. The molecule has 0 aliphatic carbocycles. The molecule has 0 spiro atoms. The van der Waals surface area contributed by atoms with Crippen LogP contribution in [0.15, 0.2) is 46.9 Å². The van der Waals surface area contributed by atoms with Crippen LogP contribution in [0.1, 0.15) is 5.56 Å². The van der Waals surface area contributed by atoms with Crippen LogP contribution in [0, 0.1) is 0 Å². The van der Waals surface area contributed by atoms with Crippen LogP contribution >= 0.6 is 15.9 Å². The summed E-state index contributed by atoms with van der Waals surface area (Å²) in [5, 5.41) is 9.79. The van der Waals surface area contributed by atoms with Gasteiger partial charge in [-0.1, -0.05) is 18.2 Å². The van der Waals surface area contributed by atoms with Crippen molar-refractivity contribution in [1.82, 2.24) is 0 Å². The maximum atomic E-state index is 9.79. The van der Waals surface area contributed by atoms with Crippen LogP contribution in [0.25, 0.3) is 0 Å². The van der Waals surface area contributed by atoms with E-state index in [-0.39, 0.29) is 5.75 Å². The van der Waals surface area contributed by atoms with E-state index in [1.54, 1.807) is 7.11 Å². The molecule has 1 N–H and O–H groups in total. The number of hydrogen-bond acceptors (Lipinski definition) is 3. The quantitative estimate of drug-likeness (QED) is 0.929. The SMILES string of the molecule is COc1cc(CN(C)c2ccccc2)cc(Br)c1O. The highest BCUT2D eigenvalue weighted by Gasteiger charge is 2.10. The third-order valence-electron chi connectivity index (χ3n) is 2.92. The fourth-order valence-electron chi connectivity index (χ4n) is 1.92. The van der Waals surface area contributed by atoms with Crippen LogP contribution in [0.3, 0.4) is 0 Å². The number of anilines is 1. The first-order chi connectivity index (χ1) is 9.11. The van der Waals surface area contributed by atoms with E-state index in [0.29, 0.717) is 10.2 Å². The molecule has 0 atom stereocenters. The molecule has 0 bridgehead atoms. The van der Waals surface area contributed by atoms with Crippen molar-refractivity contribution in [3.05, 3.63) is 52.5 Å². The summed E-state index contributed by atoms with van der Waals surface area (Å²) in [6.07, 6.45) is 0. The molecule has 4 heteroatoms. The Morgan fingerprint density at radius 3 is 2.53 bits per heavy atom. The minimum Gasteiger partial charge on any atom is -0.503 e. The molecule has 100 valence electrons. The van der Waals surface area contributed by atoms with Gasteiger partial charge in [-0.3, -0.25) is 0 Å². The second-order valence-electron chi connectivity index (χ2n) is 4.32. The fourth-order valence-corrected chi connectivity index (χ4v) is 2.41. The summed E-state index contributed by atoms with van der Waals surface area (Å²) in [6.45, 7) is 0.735. The molecule has 3 nitrogen and oxygen atoms in total. The van der Waals surface area contributed by atoms with Crippen molar-refractivity contribution in [1.29, 1.82) is 0 Å². The third-order valence-corrected chi connectivity index (χ3v) is 3.53. The van der Waals surface area contributed by atoms with Gasteiger partial charge < -0.3 is 14.7 Å². The topological polar surface area (TPSA) is 32.7 Å². The summed E-state index contributed by atoms with van der Waals surface area (Å²) in [4.78, 5) is 2.14. The monoisotopic (exact) mass is 321 g/mol. The Morgan fingerprint density at radius 2 is 1.89 bits per heavy atom. The molecule has 0 aliphatic rings. The Balaban J connectivity index is 2.22. The second kappa shape index (κ2) is 5.97. The van der Waals surface area contributed by atoms with Crippen LogP contribution in [-0.2, 0) is 6.54 Å². The molecule has 2 aromatic carbocycles. The van der Waals surface area contributed by atoms with Crippen molar-refractivity contribution in [3.63, 3.8) is 0 Å². The first-order valence-corrected chi connectivity index (χ1v) is 6.72. The molecule has 2 rings (SSSR count). The average molecular weight is 322 g/mol. The van der Waals surface area contributed by atoms with Gasteiger partial charge in [-0.15, -0.1) is 0 Å². The number of para-hydroxylation sites is 1. The summed E-state index contributed by atoms with van der Waals surface area (Å²) in [6, 6.07) is 13.9. The standard InChI is InChI=1S/C15H16BrNO2/c1-17(12-6-4-3-5-7-12)10-11-8-13(16)15(18)14(9-11)19-2/h3-9,18H,10H2,1-2H3. The van der Waals surface area contributed by atoms with Crippen LogP contribution < -0.4 is 9.64 Å². The van der Waals surface area contributed by atoms with Crippen LogP contribution in [0.4, 0.5) is 5.69 Å². The molecule has 0 unspecified atom stereocenters. The third kappa shape index (κ3) is 3.20. The molecule has 0 fully saturated rings. The Morgan fingerprint density at radius 1 is 1.21 bits per heavy atom. The van der Waals surface area contributed by atoms with Gasteiger partial charge in [-0.2, -0.15) is 0 Å². The lowest BCUT2D eigenvalue weighted by atomic mass is 10.2. The van der Waals surface area contributed by atoms with Gasteiger partial charge in [-0.05, 0) is 45.8 Å². The number of phenolic OH excluding ortho intramolecular Hbond substituents is 1. The second-order valence-corrected chi connectivity index (χ2v) is 5.17. The molecule has 0 heterocycles. The maximum Gasteiger partial charge on any atom is 0.172 e. The van der Waals surface area contributed by atoms with E-state index in [1.807, 2.05) is 37.4 Å². The predicted molar refractivity (Wildman–Crippen MR) is 80.9 cm³/mol. The first-order valence-electron chi connectivity index (χ1n) is 5.93. The summed E-state index contributed by atoms with van der Waals surface area (Å²) in [7, 11) is 3.58. The Labute approximate surface area is 121 Å². The highest BCUT2D eigenvalue weighted by molar-refractivity contribution is 9.10. The number of benzene rings is 2. The van der Waals surface area contributed by atoms with E-state index in [1.165, 1.54) is 0 Å². The molecule has 0 amide bonds. The molecule has 0 aromatic heterocycles. The number of nitrogens with zero attached hydrogens (tertiary/aromatic N) is 1. The number of halogens is 1. The molecule has 0 saturated heterocycles. The summed E-state index contributed by atoms with van der Waals surface area (Å²) >= 11 is 3.34. The lowest BCUT2D eigenvalue weighted by Crippen LogP contribution is -2.16. The average Bonchev–Trinajstić information content (AvgIpc) is 2.43. The van der Waals surface area contributed by atoms with Crippen molar-refractivity contribution < 1.29 is 9.84 Å². The number of rotatable bonds is 4. The minimum atomic E-state index is 0.133. The lowest BCUT2D eigenvalue weighted by Gasteiger charge is -2.20. The fraction of sp³-hybridized carbons (Fsp3) is 0.200. The largest absolute Gasteiger partial charge is 0.503 e. The van der Waals surface area contributed by atoms with Crippen molar-refractivity contribution in [2.45, 2.75) is 6.54 Å². The lowest BCUT2D eigenvalue weighted by molar-refractivity contribution is 0.371. The highest BCUT2D eigenvalue weighted by Crippen LogP contribution is 2.35. The van der Waals surface area contributed by atoms with E-state index >= 15 is 0 Å². The van der Waals surface area contributed by atoms with Gasteiger partial charge in [0.1, 0.15) is 0 Å². The predicted octanol–water partition coefficient (Wildman–Crippen LogP) is 3.80. The molecule has 0 saturated carbocycles. The van der Waals surface area contributed by atoms with E-state index in [0.717, 1.165) is 17.8 Å². The van der Waals surface area contributed by atoms with Crippen molar-refractivity contribution >= 4 is 21.6 Å². The van der Waals surface area contributed by atoms with E-state index in [4.69, 9.17) is 4.74 Å². The Kier molecular flexibility index (Phi) is 4.32. The Bertz CT molecular complexity index is 558. The molecule has 2 aromatic rings. The number of methoxy groups -OCH3 is 1. The molecule has 0 radical (unpaired) electrons. The van der Waals surface area contributed by atoms with E-state index in [9.17, 15) is 5.11 Å². The summed E-state index contributed by atoms with van der Waals surface area (Å²) < 4.78 is 5.80. The number of aromatic hydroxyl groups is 1. The van der Waals surface area contributed by atoms with Gasteiger partial charge in [0, 0.05) is 19.3 Å². The summed E-state index contributed by atoms with van der Waals surface area (Å²) in [5.74, 6) is 0.611. The maximum absolute atomic E-state index is 9.79. The van der Waals surface area contributed by atoms with Crippen LogP contribution in [-0.4, -0.2) is 19.3 Å². The minimum absolute atomic E-state index is 0.133. The van der Waals surface area contributed by atoms with Crippen molar-refractivity contribution in [3.8, 4) is 11.5 Å². The molecular formula is C15H16BrNO2. The smallest absolute Gasteiger partial charge is 0.172 e. The molecule has 19 heavy (non-hydrogen) atoms. The van der Waals surface area contributed by atoms with Crippen molar-refractivity contribution in [2.75, 3.05) is 19.1 Å². The van der Waals surface area contributed by atoms with Gasteiger partial charge in [-0.25, -0.2) is 0 Å². The van der Waals surface area contributed by atoms with Gasteiger partial charge >= 0.3 is 0 Å². The normalized spacial score (nSPS) is 10.3.